The Bertz CT molecular complexity index is 460. The topological polar surface area (TPSA) is 59.5 Å². The molecule has 116 valence electrons. The van der Waals surface area contributed by atoms with Crippen LogP contribution in [-0.2, 0) is 0 Å². The molecule has 2 aliphatic heterocycles. The standard InChI is InChI=1S/C15H24N4O2/c1-19-11-4-5-12(19)7-10(6-11)9-16-15-17-13(20-2)8-14(18-15)21-3/h8,10-12H,4-7,9H2,1-3H3,(H,16,17,18). The molecule has 0 saturated carbocycles. The van der Waals surface area contributed by atoms with Crippen molar-refractivity contribution >= 4 is 5.95 Å². The smallest absolute Gasteiger partial charge is 0.229 e. The van der Waals surface area contributed by atoms with Crippen LogP contribution in [0.25, 0.3) is 0 Å². The van der Waals surface area contributed by atoms with Gasteiger partial charge in [-0.3, -0.25) is 0 Å². The first-order chi connectivity index (χ1) is 10.2. The average Bonchev–Trinajstić information content (AvgIpc) is 2.74. The van der Waals surface area contributed by atoms with Crippen LogP contribution in [0.4, 0.5) is 5.95 Å². The molecule has 1 aromatic rings. The number of methoxy groups -OCH3 is 2. The maximum Gasteiger partial charge on any atom is 0.229 e. The molecule has 2 unspecified atom stereocenters. The van der Waals surface area contributed by atoms with Crippen molar-refractivity contribution in [3.8, 4) is 11.8 Å². The Kier molecular flexibility index (Phi) is 4.14. The Labute approximate surface area is 125 Å². The number of fused-ring (bicyclic) bond motifs is 2. The molecule has 2 saturated heterocycles. The summed E-state index contributed by atoms with van der Waals surface area (Å²) >= 11 is 0. The molecule has 0 aromatic carbocycles. The van der Waals surface area contributed by atoms with E-state index in [0.29, 0.717) is 23.6 Å². The molecule has 2 atom stereocenters. The van der Waals surface area contributed by atoms with Gasteiger partial charge in [0.25, 0.3) is 0 Å². The van der Waals surface area contributed by atoms with Crippen LogP contribution in [0.5, 0.6) is 11.8 Å². The van der Waals surface area contributed by atoms with Crippen molar-refractivity contribution in [1.29, 1.82) is 0 Å². The zero-order valence-corrected chi connectivity index (χ0v) is 13.0. The van der Waals surface area contributed by atoms with Crippen molar-refractivity contribution < 1.29 is 9.47 Å². The van der Waals surface area contributed by atoms with Crippen LogP contribution < -0.4 is 14.8 Å². The highest BCUT2D eigenvalue weighted by Crippen LogP contribution is 2.37. The lowest BCUT2D eigenvalue weighted by Crippen LogP contribution is -2.41. The Balaban J connectivity index is 1.60. The zero-order chi connectivity index (χ0) is 14.8. The van der Waals surface area contributed by atoms with E-state index < -0.39 is 0 Å². The second-order valence-electron chi connectivity index (χ2n) is 6.05. The molecule has 2 aliphatic rings. The van der Waals surface area contributed by atoms with E-state index in [4.69, 9.17) is 9.47 Å². The van der Waals surface area contributed by atoms with Gasteiger partial charge in [-0.2, -0.15) is 9.97 Å². The molecule has 2 bridgehead atoms. The lowest BCUT2D eigenvalue weighted by Gasteiger charge is -2.36. The van der Waals surface area contributed by atoms with Gasteiger partial charge in [0.05, 0.1) is 20.3 Å². The number of piperidine rings is 1. The first-order valence-electron chi connectivity index (χ1n) is 7.62. The third kappa shape index (κ3) is 3.05. The molecule has 21 heavy (non-hydrogen) atoms. The van der Waals surface area contributed by atoms with Gasteiger partial charge in [-0.25, -0.2) is 0 Å². The van der Waals surface area contributed by atoms with Gasteiger partial charge in [-0.1, -0.05) is 0 Å². The van der Waals surface area contributed by atoms with E-state index in [-0.39, 0.29) is 0 Å². The summed E-state index contributed by atoms with van der Waals surface area (Å²) in [6.45, 7) is 0.914. The predicted molar refractivity (Wildman–Crippen MR) is 80.9 cm³/mol. The minimum Gasteiger partial charge on any atom is -0.481 e. The molecule has 0 aliphatic carbocycles. The number of nitrogens with zero attached hydrogens (tertiary/aromatic N) is 3. The van der Waals surface area contributed by atoms with Gasteiger partial charge in [0.2, 0.25) is 17.7 Å². The van der Waals surface area contributed by atoms with Crippen molar-refractivity contribution in [2.75, 3.05) is 33.1 Å². The van der Waals surface area contributed by atoms with E-state index in [1.807, 2.05) is 0 Å². The van der Waals surface area contributed by atoms with Crippen LogP contribution in [0.3, 0.4) is 0 Å². The van der Waals surface area contributed by atoms with Gasteiger partial charge in [-0.05, 0) is 38.6 Å². The normalized spacial score (nSPS) is 28.4. The van der Waals surface area contributed by atoms with E-state index in [0.717, 1.165) is 18.6 Å². The van der Waals surface area contributed by atoms with Gasteiger partial charge < -0.3 is 19.7 Å². The number of hydrogen-bond donors (Lipinski definition) is 1. The van der Waals surface area contributed by atoms with Crippen molar-refractivity contribution in [3.05, 3.63) is 6.07 Å². The quantitative estimate of drug-likeness (QED) is 0.892. The van der Waals surface area contributed by atoms with Gasteiger partial charge in [0.1, 0.15) is 0 Å². The highest BCUT2D eigenvalue weighted by atomic mass is 16.5. The van der Waals surface area contributed by atoms with Gasteiger partial charge in [0.15, 0.2) is 0 Å². The van der Waals surface area contributed by atoms with Crippen LogP contribution in [0, 0.1) is 5.92 Å². The van der Waals surface area contributed by atoms with Crippen molar-refractivity contribution in [2.45, 2.75) is 37.8 Å². The van der Waals surface area contributed by atoms with Crippen LogP contribution in [0.1, 0.15) is 25.7 Å². The van der Waals surface area contributed by atoms with Gasteiger partial charge >= 0.3 is 0 Å². The number of hydrogen-bond acceptors (Lipinski definition) is 6. The van der Waals surface area contributed by atoms with E-state index in [2.05, 4.69) is 27.2 Å². The molecule has 3 rings (SSSR count). The number of ether oxygens (including phenoxy) is 2. The molecule has 0 spiro atoms. The summed E-state index contributed by atoms with van der Waals surface area (Å²) in [5.74, 6) is 2.32. The summed E-state index contributed by atoms with van der Waals surface area (Å²) in [6.07, 6.45) is 5.23. The molecular formula is C15H24N4O2. The Hall–Kier alpha value is -1.56. The fourth-order valence-corrected chi connectivity index (χ4v) is 3.62. The summed E-state index contributed by atoms with van der Waals surface area (Å²) in [5.41, 5.74) is 0. The molecule has 0 radical (unpaired) electrons. The van der Waals surface area contributed by atoms with Crippen LogP contribution in [0.2, 0.25) is 0 Å². The highest BCUT2D eigenvalue weighted by Gasteiger charge is 2.38. The molecule has 0 amide bonds. The molecule has 1 aromatic heterocycles. The second kappa shape index (κ2) is 6.05. The largest absolute Gasteiger partial charge is 0.481 e. The number of nitrogens with one attached hydrogen (secondary N) is 1. The minimum absolute atomic E-state index is 0.521. The first-order valence-corrected chi connectivity index (χ1v) is 7.62. The predicted octanol–water partition coefficient (Wildman–Crippen LogP) is 1.78. The molecule has 6 nitrogen and oxygen atoms in total. The van der Waals surface area contributed by atoms with E-state index in [9.17, 15) is 0 Å². The van der Waals surface area contributed by atoms with Crippen LogP contribution >= 0.6 is 0 Å². The van der Waals surface area contributed by atoms with Crippen molar-refractivity contribution in [3.63, 3.8) is 0 Å². The highest BCUT2D eigenvalue weighted by molar-refractivity contribution is 5.33. The Morgan fingerprint density at radius 3 is 2.24 bits per heavy atom. The summed E-state index contributed by atoms with van der Waals surface area (Å²) in [4.78, 5) is 11.2. The summed E-state index contributed by atoms with van der Waals surface area (Å²) in [5, 5.41) is 3.35. The maximum atomic E-state index is 5.17. The van der Waals surface area contributed by atoms with Crippen molar-refractivity contribution in [1.82, 2.24) is 14.9 Å². The lowest BCUT2D eigenvalue weighted by atomic mass is 9.91. The van der Waals surface area contributed by atoms with E-state index in [1.165, 1.54) is 25.7 Å². The molecule has 1 N–H and O–H groups in total. The lowest BCUT2D eigenvalue weighted by molar-refractivity contribution is 0.139. The summed E-state index contributed by atoms with van der Waals surface area (Å²) < 4.78 is 10.3. The molecule has 2 fully saturated rings. The second-order valence-corrected chi connectivity index (χ2v) is 6.05. The first kappa shape index (κ1) is 14.4. The molecule has 3 heterocycles. The van der Waals surface area contributed by atoms with Gasteiger partial charge in [-0.15, -0.1) is 0 Å². The molecular weight excluding hydrogens is 268 g/mol. The Morgan fingerprint density at radius 1 is 1.14 bits per heavy atom. The summed E-state index contributed by atoms with van der Waals surface area (Å²) in [7, 11) is 5.46. The third-order valence-electron chi connectivity index (χ3n) is 4.84. The molecule has 6 heteroatoms. The summed E-state index contributed by atoms with van der Waals surface area (Å²) in [6, 6.07) is 3.20. The fourth-order valence-electron chi connectivity index (χ4n) is 3.62. The van der Waals surface area contributed by atoms with Crippen LogP contribution in [0.15, 0.2) is 6.07 Å². The third-order valence-corrected chi connectivity index (χ3v) is 4.84. The van der Waals surface area contributed by atoms with Crippen molar-refractivity contribution in [2.24, 2.45) is 5.92 Å². The van der Waals surface area contributed by atoms with Gasteiger partial charge in [0, 0.05) is 18.6 Å². The van der Waals surface area contributed by atoms with Crippen LogP contribution in [-0.4, -0.2) is 54.8 Å². The maximum absolute atomic E-state index is 5.17. The zero-order valence-electron chi connectivity index (χ0n) is 13.0. The van der Waals surface area contributed by atoms with E-state index in [1.54, 1.807) is 20.3 Å². The average molecular weight is 292 g/mol. The SMILES string of the molecule is COc1cc(OC)nc(NCC2CC3CCC(C2)N3C)n1. The fraction of sp³-hybridized carbons (Fsp3) is 0.733. The number of aromatic nitrogens is 2. The minimum atomic E-state index is 0.521. The number of anilines is 1. The number of rotatable bonds is 5. The monoisotopic (exact) mass is 292 g/mol. The van der Waals surface area contributed by atoms with E-state index >= 15 is 0 Å². The Morgan fingerprint density at radius 2 is 1.71 bits per heavy atom.